The number of amides is 1. The van der Waals surface area contributed by atoms with E-state index in [0.717, 1.165) is 24.1 Å². The van der Waals surface area contributed by atoms with Crippen LogP contribution >= 0.6 is 0 Å². The first-order chi connectivity index (χ1) is 13.8. The van der Waals surface area contributed by atoms with E-state index in [9.17, 15) is 13.2 Å². The van der Waals surface area contributed by atoms with Crippen molar-refractivity contribution in [2.75, 3.05) is 25.7 Å². The molecule has 1 N–H and O–H groups in total. The zero-order chi connectivity index (χ0) is 21.2. The van der Waals surface area contributed by atoms with Crippen LogP contribution < -0.4 is 19.1 Å². The number of hydrogen-bond acceptors (Lipinski definition) is 5. The average molecular weight is 419 g/mol. The van der Waals surface area contributed by atoms with Gasteiger partial charge in [-0.25, -0.2) is 13.1 Å². The van der Waals surface area contributed by atoms with Gasteiger partial charge in [0.1, 0.15) is 11.5 Å². The molecule has 29 heavy (non-hydrogen) atoms. The van der Waals surface area contributed by atoms with Gasteiger partial charge in [-0.05, 0) is 61.7 Å². The highest BCUT2D eigenvalue weighted by Crippen LogP contribution is 2.32. The SMILES string of the molecule is COc1ccc(OC)c([C@@H](C)NS(=O)(=O)c2ccc3c(c2)CCCN3C(C)=O)c1. The predicted octanol–water partition coefficient (Wildman–Crippen LogP) is 3.04. The van der Waals surface area contributed by atoms with E-state index in [1.165, 1.54) is 20.1 Å². The molecular formula is C21H26N2O5S. The van der Waals surface area contributed by atoms with Gasteiger partial charge in [-0.1, -0.05) is 0 Å². The van der Waals surface area contributed by atoms with E-state index in [4.69, 9.17) is 9.47 Å². The van der Waals surface area contributed by atoms with Gasteiger partial charge in [0.2, 0.25) is 15.9 Å². The molecule has 7 nitrogen and oxygen atoms in total. The zero-order valence-electron chi connectivity index (χ0n) is 17.1. The molecule has 0 aliphatic carbocycles. The van der Waals surface area contributed by atoms with Gasteiger partial charge in [0, 0.05) is 30.8 Å². The quantitative estimate of drug-likeness (QED) is 0.779. The third kappa shape index (κ3) is 4.38. The van der Waals surface area contributed by atoms with E-state index in [2.05, 4.69) is 4.72 Å². The van der Waals surface area contributed by atoms with Gasteiger partial charge in [-0.2, -0.15) is 0 Å². The molecule has 1 atom stereocenters. The molecule has 2 aromatic rings. The first-order valence-electron chi connectivity index (χ1n) is 9.42. The summed E-state index contributed by atoms with van der Waals surface area (Å²) in [5.41, 5.74) is 2.32. The largest absolute Gasteiger partial charge is 0.497 e. The number of anilines is 1. The number of hydrogen-bond donors (Lipinski definition) is 1. The number of rotatable bonds is 6. The molecule has 3 rings (SSSR count). The average Bonchev–Trinajstić information content (AvgIpc) is 2.71. The summed E-state index contributed by atoms with van der Waals surface area (Å²) in [4.78, 5) is 13.7. The lowest BCUT2D eigenvalue weighted by atomic mass is 10.0. The molecule has 1 heterocycles. The van der Waals surface area contributed by atoms with E-state index >= 15 is 0 Å². The van der Waals surface area contributed by atoms with Gasteiger partial charge >= 0.3 is 0 Å². The Kier molecular flexibility index (Phi) is 6.14. The maximum atomic E-state index is 13.0. The van der Waals surface area contributed by atoms with Crippen LogP contribution in [0, 0.1) is 0 Å². The summed E-state index contributed by atoms with van der Waals surface area (Å²) in [6.45, 7) is 3.93. The topological polar surface area (TPSA) is 84.9 Å². The summed E-state index contributed by atoms with van der Waals surface area (Å²) < 4.78 is 39.3. The lowest BCUT2D eigenvalue weighted by Gasteiger charge is -2.29. The molecule has 1 aliphatic heterocycles. The highest BCUT2D eigenvalue weighted by atomic mass is 32.2. The van der Waals surface area contributed by atoms with Crippen LogP contribution in [0.3, 0.4) is 0 Å². The Morgan fingerprint density at radius 1 is 1.14 bits per heavy atom. The highest BCUT2D eigenvalue weighted by molar-refractivity contribution is 7.89. The Balaban J connectivity index is 1.89. The summed E-state index contributed by atoms with van der Waals surface area (Å²) in [6.07, 6.45) is 1.54. The first kappa shape index (κ1) is 21.1. The standard InChI is InChI=1S/C21H26N2O5S/c1-14(19-13-17(27-3)7-10-21(19)28-4)22-29(25,26)18-8-9-20-16(12-18)6-5-11-23(20)15(2)24/h7-10,12-14,22H,5-6,11H2,1-4H3/t14-/m1/s1. The summed E-state index contributed by atoms with van der Waals surface area (Å²) in [5.74, 6) is 1.15. The first-order valence-corrected chi connectivity index (χ1v) is 10.9. The number of carbonyl (C=O) groups is 1. The Morgan fingerprint density at radius 2 is 1.90 bits per heavy atom. The lowest BCUT2D eigenvalue weighted by Crippen LogP contribution is -2.34. The van der Waals surface area contributed by atoms with Crippen molar-refractivity contribution in [1.82, 2.24) is 4.72 Å². The maximum Gasteiger partial charge on any atom is 0.241 e. The monoisotopic (exact) mass is 418 g/mol. The second kappa shape index (κ2) is 8.42. The van der Waals surface area contributed by atoms with Crippen molar-refractivity contribution in [2.24, 2.45) is 0 Å². The number of nitrogens with one attached hydrogen (secondary N) is 1. The fourth-order valence-electron chi connectivity index (χ4n) is 3.61. The molecule has 0 saturated heterocycles. The summed E-state index contributed by atoms with van der Waals surface area (Å²) in [7, 11) is -0.681. The fraction of sp³-hybridized carbons (Fsp3) is 0.381. The van der Waals surface area contributed by atoms with Crippen LogP contribution in [-0.2, 0) is 21.2 Å². The van der Waals surface area contributed by atoms with Crippen LogP contribution in [0.2, 0.25) is 0 Å². The van der Waals surface area contributed by atoms with Crippen LogP contribution in [-0.4, -0.2) is 35.1 Å². The van der Waals surface area contributed by atoms with Crippen LogP contribution in [0.15, 0.2) is 41.3 Å². The van der Waals surface area contributed by atoms with E-state index in [1.807, 2.05) is 0 Å². The minimum atomic E-state index is -3.77. The van der Waals surface area contributed by atoms with Gasteiger partial charge in [0.15, 0.2) is 0 Å². The Bertz CT molecular complexity index is 1020. The molecule has 8 heteroatoms. The van der Waals surface area contributed by atoms with Crippen LogP contribution in [0.4, 0.5) is 5.69 Å². The van der Waals surface area contributed by atoms with Crippen LogP contribution in [0.1, 0.15) is 37.4 Å². The molecule has 1 aliphatic rings. The molecule has 156 valence electrons. The Labute approximate surface area is 171 Å². The van der Waals surface area contributed by atoms with Gasteiger partial charge in [-0.3, -0.25) is 4.79 Å². The number of sulfonamides is 1. The molecule has 0 radical (unpaired) electrons. The normalized spacial score (nSPS) is 14.8. The molecule has 1 amide bonds. The number of ether oxygens (including phenoxy) is 2. The molecular weight excluding hydrogens is 392 g/mol. The molecule has 0 unspecified atom stereocenters. The van der Waals surface area contributed by atoms with Crippen LogP contribution in [0.25, 0.3) is 0 Å². The minimum absolute atomic E-state index is 0.0431. The van der Waals surface area contributed by atoms with Gasteiger partial charge in [0.05, 0.1) is 19.1 Å². The lowest BCUT2D eigenvalue weighted by molar-refractivity contribution is -0.116. The van der Waals surface area contributed by atoms with Gasteiger partial charge in [-0.15, -0.1) is 0 Å². The minimum Gasteiger partial charge on any atom is -0.497 e. The maximum absolute atomic E-state index is 13.0. The van der Waals surface area contributed by atoms with E-state index in [1.54, 1.807) is 49.3 Å². The fourth-order valence-corrected chi connectivity index (χ4v) is 4.88. The van der Waals surface area contributed by atoms with Crippen molar-refractivity contribution < 1.29 is 22.7 Å². The Morgan fingerprint density at radius 3 is 2.55 bits per heavy atom. The third-order valence-electron chi connectivity index (χ3n) is 5.10. The number of nitrogens with zero attached hydrogens (tertiary/aromatic N) is 1. The van der Waals surface area contributed by atoms with Gasteiger partial charge in [0.25, 0.3) is 0 Å². The highest BCUT2D eigenvalue weighted by Gasteiger charge is 2.25. The second-order valence-electron chi connectivity index (χ2n) is 7.02. The summed E-state index contributed by atoms with van der Waals surface area (Å²) >= 11 is 0. The van der Waals surface area contributed by atoms with Crippen molar-refractivity contribution in [2.45, 2.75) is 37.6 Å². The van der Waals surface area contributed by atoms with Gasteiger partial charge < -0.3 is 14.4 Å². The number of aryl methyl sites for hydroxylation is 1. The molecule has 0 spiro atoms. The van der Waals surface area contributed by atoms with Crippen molar-refractivity contribution in [3.63, 3.8) is 0 Å². The predicted molar refractivity (Wildman–Crippen MR) is 111 cm³/mol. The summed E-state index contributed by atoms with van der Waals surface area (Å²) in [5, 5.41) is 0. The van der Waals surface area contributed by atoms with E-state index in [0.29, 0.717) is 23.6 Å². The zero-order valence-corrected chi connectivity index (χ0v) is 17.9. The number of benzene rings is 2. The number of fused-ring (bicyclic) bond motifs is 1. The smallest absolute Gasteiger partial charge is 0.241 e. The van der Waals surface area contributed by atoms with Crippen molar-refractivity contribution in [3.05, 3.63) is 47.5 Å². The third-order valence-corrected chi connectivity index (χ3v) is 6.63. The van der Waals surface area contributed by atoms with Crippen LogP contribution in [0.5, 0.6) is 11.5 Å². The van der Waals surface area contributed by atoms with Crippen molar-refractivity contribution in [3.8, 4) is 11.5 Å². The number of carbonyl (C=O) groups excluding carboxylic acids is 1. The molecule has 0 fully saturated rings. The van der Waals surface area contributed by atoms with Crippen molar-refractivity contribution >= 4 is 21.6 Å². The molecule has 0 aromatic heterocycles. The molecule has 2 aromatic carbocycles. The molecule has 0 saturated carbocycles. The Hall–Kier alpha value is -2.58. The second-order valence-corrected chi connectivity index (χ2v) is 8.73. The molecule has 0 bridgehead atoms. The van der Waals surface area contributed by atoms with E-state index < -0.39 is 16.1 Å². The summed E-state index contributed by atoms with van der Waals surface area (Å²) in [6, 6.07) is 9.63. The van der Waals surface area contributed by atoms with E-state index in [-0.39, 0.29) is 10.8 Å². The number of methoxy groups -OCH3 is 2. The van der Waals surface area contributed by atoms with Crippen molar-refractivity contribution in [1.29, 1.82) is 0 Å².